The number of hydrogen-bond donors (Lipinski definition) is 0. The Kier molecular flexibility index (Phi) is 6.45. The average molecular weight is 298 g/mol. The van der Waals surface area contributed by atoms with Gasteiger partial charge in [0.1, 0.15) is 0 Å². The highest BCUT2D eigenvalue weighted by Crippen LogP contribution is 2.20. The predicted octanol–water partition coefficient (Wildman–Crippen LogP) is 1.23. The molecule has 0 aromatic carbocycles. The maximum Gasteiger partial charge on any atom is 0.308 e. The van der Waals surface area contributed by atoms with Gasteiger partial charge in [-0.3, -0.25) is 9.69 Å². The summed E-state index contributed by atoms with van der Waals surface area (Å²) in [4.78, 5) is 16.3. The molecule has 0 N–H and O–H groups in total. The zero-order valence-corrected chi connectivity index (χ0v) is 13.7. The van der Waals surface area contributed by atoms with E-state index in [1.807, 2.05) is 0 Å². The van der Waals surface area contributed by atoms with E-state index in [1.54, 1.807) is 0 Å². The second-order valence-corrected chi connectivity index (χ2v) is 6.78. The zero-order chi connectivity index (χ0) is 15.2. The van der Waals surface area contributed by atoms with Crippen LogP contribution in [0.2, 0.25) is 0 Å². The molecular weight excluding hydrogens is 268 g/mol. The lowest BCUT2D eigenvalue weighted by molar-refractivity contribution is -0.145. The van der Waals surface area contributed by atoms with Crippen molar-refractivity contribution in [2.75, 3.05) is 53.0 Å². The number of ether oxygens (including phenoxy) is 2. The van der Waals surface area contributed by atoms with Crippen LogP contribution in [0, 0.1) is 11.8 Å². The molecule has 122 valence electrons. The van der Waals surface area contributed by atoms with Crippen molar-refractivity contribution in [2.45, 2.75) is 32.8 Å². The Morgan fingerprint density at radius 1 is 1.14 bits per heavy atom. The molecule has 3 atom stereocenters. The van der Waals surface area contributed by atoms with Crippen molar-refractivity contribution in [2.24, 2.45) is 11.8 Å². The van der Waals surface area contributed by atoms with Crippen LogP contribution in [0.25, 0.3) is 0 Å². The number of piperidine rings is 1. The minimum Gasteiger partial charge on any atom is -0.469 e. The molecule has 0 aromatic rings. The van der Waals surface area contributed by atoms with Gasteiger partial charge in [0.15, 0.2) is 0 Å². The van der Waals surface area contributed by atoms with Gasteiger partial charge in [0.25, 0.3) is 0 Å². The molecule has 0 saturated carbocycles. The highest BCUT2D eigenvalue weighted by atomic mass is 16.5. The van der Waals surface area contributed by atoms with Crippen molar-refractivity contribution in [3.8, 4) is 0 Å². The molecule has 0 aromatic heterocycles. The summed E-state index contributed by atoms with van der Waals surface area (Å²) in [6, 6.07) is 0. The summed E-state index contributed by atoms with van der Waals surface area (Å²) in [5.74, 6) is 1.44. The first-order valence-corrected chi connectivity index (χ1v) is 8.20. The summed E-state index contributed by atoms with van der Waals surface area (Å²) in [5.41, 5.74) is 0. The van der Waals surface area contributed by atoms with Gasteiger partial charge < -0.3 is 14.4 Å². The molecule has 5 nitrogen and oxygen atoms in total. The van der Waals surface area contributed by atoms with Gasteiger partial charge >= 0.3 is 5.97 Å². The minimum absolute atomic E-state index is 0.00889. The van der Waals surface area contributed by atoms with E-state index in [2.05, 4.69) is 23.6 Å². The second kappa shape index (κ2) is 8.11. The summed E-state index contributed by atoms with van der Waals surface area (Å²) in [6.45, 7) is 11.9. The third kappa shape index (κ3) is 5.57. The standard InChI is InChI=1S/C16H30N2O3/c1-13-8-14(2)11-18(10-13)5-4-17-6-7-21-15(12-17)9-16(19)20-3/h13-15H,4-12H2,1-3H3. The number of nitrogens with zero attached hydrogens (tertiary/aromatic N) is 2. The molecule has 2 aliphatic heterocycles. The molecule has 5 heteroatoms. The number of morpholine rings is 1. The first-order chi connectivity index (χ1) is 10.1. The van der Waals surface area contributed by atoms with E-state index >= 15 is 0 Å². The number of methoxy groups -OCH3 is 1. The van der Waals surface area contributed by atoms with Gasteiger partial charge in [0, 0.05) is 39.3 Å². The van der Waals surface area contributed by atoms with Gasteiger partial charge in [0.05, 0.1) is 26.2 Å². The molecule has 2 heterocycles. The fourth-order valence-electron chi connectivity index (χ4n) is 3.63. The lowest BCUT2D eigenvalue weighted by atomic mass is 9.92. The topological polar surface area (TPSA) is 42.0 Å². The van der Waals surface area contributed by atoms with Gasteiger partial charge in [-0.1, -0.05) is 13.8 Å². The molecule has 0 bridgehead atoms. The van der Waals surface area contributed by atoms with E-state index in [-0.39, 0.29) is 12.1 Å². The van der Waals surface area contributed by atoms with Crippen LogP contribution in [0.3, 0.4) is 0 Å². The maximum absolute atomic E-state index is 11.3. The second-order valence-electron chi connectivity index (χ2n) is 6.78. The van der Waals surface area contributed by atoms with Crippen molar-refractivity contribution in [1.82, 2.24) is 9.80 Å². The van der Waals surface area contributed by atoms with E-state index in [9.17, 15) is 4.79 Å². The van der Waals surface area contributed by atoms with Gasteiger partial charge in [0.2, 0.25) is 0 Å². The van der Waals surface area contributed by atoms with E-state index < -0.39 is 0 Å². The van der Waals surface area contributed by atoms with Gasteiger partial charge in [-0.15, -0.1) is 0 Å². The first kappa shape index (κ1) is 16.7. The fraction of sp³-hybridized carbons (Fsp3) is 0.938. The normalized spacial score (nSPS) is 32.0. The molecule has 0 radical (unpaired) electrons. The minimum atomic E-state index is -0.180. The lowest BCUT2D eigenvalue weighted by Crippen LogP contribution is -2.48. The number of esters is 1. The van der Waals surface area contributed by atoms with Crippen LogP contribution in [0.4, 0.5) is 0 Å². The SMILES string of the molecule is COC(=O)CC1CN(CCN2CC(C)CC(C)C2)CCO1. The molecular formula is C16H30N2O3. The van der Waals surface area contributed by atoms with Crippen molar-refractivity contribution in [1.29, 1.82) is 0 Å². The quantitative estimate of drug-likeness (QED) is 0.714. The Morgan fingerprint density at radius 2 is 1.81 bits per heavy atom. The molecule has 2 rings (SSSR count). The molecule has 2 saturated heterocycles. The summed E-state index contributed by atoms with van der Waals surface area (Å²) >= 11 is 0. The van der Waals surface area contributed by atoms with E-state index in [1.165, 1.54) is 26.6 Å². The Balaban J connectivity index is 1.71. The van der Waals surface area contributed by atoms with E-state index in [0.29, 0.717) is 13.0 Å². The van der Waals surface area contributed by atoms with Crippen molar-refractivity contribution < 1.29 is 14.3 Å². The smallest absolute Gasteiger partial charge is 0.308 e. The Bertz CT molecular complexity index is 327. The molecule has 21 heavy (non-hydrogen) atoms. The molecule has 0 amide bonds. The van der Waals surface area contributed by atoms with Crippen LogP contribution in [0.5, 0.6) is 0 Å². The third-order valence-corrected chi connectivity index (χ3v) is 4.52. The van der Waals surface area contributed by atoms with E-state index in [4.69, 9.17) is 9.47 Å². The number of rotatable bonds is 5. The first-order valence-electron chi connectivity index (χ1n) is 8.20. The van der Waals surface area contributed by atoms with Gasteiger partial charge in [-0.2, -0.15) is 0 Å². The van der Waals surface area contributed by atoms with Crippen molar-refractivity contribution in [3.05, 3.63) is 0 Å². The summed E-state index contributed by atoms with van der Waals surface area (Å²) in [5, 5.41) is 0. The van der Waals surface area contributed by atoms with Crippen LogP contribution < -0.4 is 0 Å². The number of hydrogen-bond acceptors (Lipinski definition) is 5. The maximum atomic E-state index is 11.3. The lowest BCUT2D eigenvalue weighted by Gasteiger charge is -2.38. The highest BCUT2D eigenvalue weighted by molar-refractivity contribution is 5.69. The van der Waals surface area contributed by atoms with Crippen molar-refractivity contribution >= 4 is 5.97 Å². The van der Waals surface area contributed by atoms with Crippen LogP contribution in [0.1, 0.15) is 26.7 Å². The van der Waals surface area contributed by atoms with Crippen LogP contribution >= 0.6 is 0 Å². The van der Waals surface area contributed by atoms with E-state index in [0.717, 1.165) is 38.0 Å². The Morgan fingerprint density at radius 3 is 2.48 bits per heavy atom. The fourth-order valence-corrected chi connectivity index (χ4v) is 3.63. The monoisotopic (exact) mass is 298 g/mol. The number of carbonyl (C=O) groups excluding carboxylic acids is 1. The molecule has 2 aliphatic rings. The molecule has 0 spiro atoms. The molecule has 2 fully saturated rings. The predicted molar refractivity (Wildman–Crippen MR) is 82.2 cm³/mol. The summed E-state index contributed by atoms with van der Waals surface area (Å²) in [7, 11) is 1.43. The molecule has 0 aliphatic carbocycles. The largest absolute Gasteiger partial charge is 0.469 e. The Hall–Kier alpha value is -0.650. The zero-order valence-electron chi connectivity index (χ0n) is 13.7. The summed E-state index contributed by atoms with van der Waals surface area (Å²) < 4.78 is 10.4. The Labute approximate surface area is 128 Å². The summed E-state index contributed by atoms with van der Waals surface area (Å²) in [6.07, 6.45) is 1.71. The van der Waals surface area contributed by atoms with Gasteiger partial charge in [-0.05, 0) is 18.3 Å². The van der Waals surface area contributed by atoms with Crippen LogP contribution in [-0.2, 0) is 14.3 Å². The van der Waals surface area contributed by atoms with Crippen molar-refractivity contribution in [3.63, 3.8) is 0 Å². The van der Waals surface area contributed by atoms with Crippen LogP contribution in [0.15, 0.2) is 0 Å². The van der Waals surface area contributed by atoms with Crippen LogP contribution in [-0.4, -0.2) is 74.9 Å². The average Bonchev–Trinajstić information content (AvgIpc) is 2.44. The number of likely N-dealkylation sites (tertiary alicyclic amines) is 1. The van der Waals surface area contributed by atoms with Gasteiger partial charge in [-0.25, -0.2) is 0 Å². The molecule has 3 unspecified atom stereocenters. The number of carbonyl (C=O) groups is 1. The third-order valence-electron chi connectivity index (χ3n) is 4.52. The highest BCUT2D eigenvalue weighted by Gasteiger charge is 2.25.